The molecule has 384 valence electrons. The third-order valence-electron chi connectivity index (χ3n) is 15.3. The van der Waals surface area contributed by atoms with Gasteiger partial charge in [0.25, 0.3) is 0 Å². The molecule has 1 aliphatic rings. The molecule has 0 spiro atoms. The number of fused-ring (bicyclic) bond motifs is 10. The second-order valence-electron chi connectivity index (χ2n) is 24.7. The van der Waals surface area contributed by atoms with Crippen molar-refractivity contribution in [3.05, 3.63) is 205 Å². The Hall–Kier alpha value is -7.11. The van der Waals surface area contributed by atoms with Crippen molar-refractivity contribution >= 4 is 89.8 Å². The first kappa shape index (κ1) is 51.0. The number of rotatable bonds is 6. The number of benzene rings is 8. The molecule has 0 atom stereocenters. The van der Waals surface area contributed by atoms with Gasteiger partial charge in [0.15, 0.2) is 0 Å². The van der Waals surface area contributed by atoms with E-state index in [1.54, 1.807) is 0 Å². The van der Waals surface area contributed by atoms with Crippen molar-refractivity contribution in [2.24, 2.45) is 0 Å². The van der Waals surface area contributed by atoms with Gasteiger partial charge < -0.3 is 18.8 Å². The summed E-state index contributed by atoms with van der Waals surface area (Å²) in [6, 6.07) is 67.8. The molecule has 0 bridgehead atoms. The molecule has 5 nitrogen and oxygen atoms in total. The molecule has 0 aliphatic carbocycles. The van der Waals surface area contributed by atoms with E-state index in [0.29, 0.717) is 11.5 Å². The van der Waals surface area contributed by atoms with E-state index in [-0.39, 0.29) is 37.3 Å². The van der Waals surface area contributed by atoms with E-state index in [0.717, 1.165) is 50.0 Å². The molecule has 7 heteroatoms. The van der Waals surface area contributed by atoms with Gasteiger partial charge in [0, 0.05) is 50.0 Å². The molecule has 0 saturated heterocycles. The van der Waals surface area contributed by atoms with Crippen LogP contribution in [0.15, 0.2) is 170 Å². The monoisotopic (exact) mass is 1190 g/mol. The van der Waals surface area contributed by atoms with Gasteiger partial charge in [0.2, 0.25) is 0 Å². The van der Waals surface area contributed by atoms with Gasteiger partial charge in [-0.3, -0.25) is 0 Å². The molecule has 12 rings (SSSR count). The summed E-state index contributed by atoms with van der Waals surface area (Å²) in [5, 5.41) is 10.9. The van der Waals surface area contributed by atoms with Crippen LogP contribution in [-0.2, 0) is 37.3 Å². The Balaban J connectivity index is 0.00000616. The SMILES string of the molecule is CC(C)(C)c1cc(-c2cccc3c4ccccc4c4ccc(C(C)(C)C)cc4c4cccc5c4n(c23)[CH-]N5c2[c-]c(Oc3[c-]c4c(cc3)c3ccccc3n4-c3cc(C(C)(C)C)ccn3)ccc2)cc([Si](C)(C)C)c1.[Pt]. The van der Waals surface area contributed by atoms with E-state index in [1.165, 1.54) is 65.3 Å². The van der Waals surface area contributed by atoms with E-state index < -0.39 is 8.07 Å². The number of aromatic nitrogens is 3. The maximum absolute atomic E-state index is 6.83. The number of hydrogen-bond acceptors (Lipinski definition) is 3. The fourth-order valence-electron chi connectivity index (χ4n) is 11.1. The van der Waals surface area contributed by atoms with E-state index in [1.807, 2.05) is 18.3 Å². The molecule has 11 aromatic rings. The van der Waals surface area contributed by atoms with Gasteiger partial charge in [-0.2, -0.15) is 12.1 Å². The fraction of sp³-hybridized carbons (Fsp3) is 0.217. The predicted octanol–water partition coefficient (Wildman–Crippen LogP) is 18.3. The molecule has 76 heavy (non-hydrogen) atoms. The number of para-hydroxylation sites is 3. The number of anilines is 2. The maximum atomic E-state index is 6.83. The number of nitrogens with zero attached hydrogens (tertiary/aromatic N) is 4. The third-order valence-corrected chi connectivity index (χ3v) is 17.3. The first-order chi connectivity index (χ1) is 35.7. The second kappa shape index (κ2) is 18.6. The molecule has 0 amide bonds. The van der Waals surface area contributed by atoms with Crippen LogP contribution in [0.5, 0.6) is 11.5 Å². The van der Waals surface area contributed by atoms with Crippen LogP contribution in [0.1, 0.15) is 79.0 Å². The van der Waals surface area contributed by atoms with Crippen molar-refractivity contribution in [1.82, 2.24) is 14.1 Å². The quantitative estimate of drug-likeness (QED) is 0.123. The van der Waals surface area contributed by atoms with Crippen molar-refractivity contribution in [1.29, 1.82) is 0 Å². The Kier molecular flexibility index (Phi) is 12.5. The normalized spacial score (nSPS) is 13.0. The Morgan fingerprint density at radius 1 is 0.500 bits per heavy atom. The summed E-state index contributed by atoms with van der Waals surface area (Å²) in [4.78, 5) is 7.21. The largest absolute Gasteiger partial charge is 0.509 e. The summed E-state index contributed by atoms with van der Waals surface area (Å²) in [7, 11) is -1.75. The van der Waals surface area contributed by atoms with Crippen LogP contribution in [0.4, 0.5) is 11.4 Å². The van der Waals surface area contributed by atoms with Crippen molar-refractivity contribution in [2.75, 3.05) is 4.90 Å². The van der Waals surface area contributed by atoms with Gasteiger partial charge >= 0.3 is 0 Å². The zero-order valence-electron chi connectivity index (χ0n) is 45.8. The minimum Gasteiger partial charge on any atom is -0.509 e. The first-order valence-corrected chi connectivity index (χ1v) is 29.9. The van der Waals surface area contributed by atoms with Crippen LogP contribution < -0.4 is 14.8 Å². The molecular formula is C69H65N4OPtSi-3. The van der Waals surface area contributed by atoms with Gasteiger partial charge in [0.1, 0.15) is 5.82 Å². The molecule has 1 aliphatic heterocycles. The minimum absolute atomic E-state index is 0. The van der Waals surface area contributed by atoms with Gasteiger partial charge in [0.05, 0.1) is 8.07 Å². The van der Waals surface area contributed by atoms with Crippen molar-refractivity contribution in [3.8, 4) is 28.4 Å². The Bertz CT molecular complexity index is 4160. The zero-order chi connectivity index (χ0) is 52.3. The Morgan fingerprint density at radius 3 is 1.83 bits per heavy atom. The van der Waals surface area contributed by atoms with Crippen LogP contribution in [0, 0.1) is 18.8 Å². The average Bonchev–Trinajstić information content (AvgIpc) is 3.96. The maximum Gasteiger partial charge on any atom is 0.135 e. The standard InChI is InChI=1S/C69H65N4OSi.Pt/c1-67(2,3)45-30-32-55-53-22-13-14-23-54(53)58-26-18-25-52(44-36-47(69(7,8)9)38-51(37-44)75(10,11)12)65(58)72-43-71(62-29-19-27-59(66(62)72)60(55)39-45)48-20-17-21-49(41-48)74-50-31-33-57-56-24-15-16-28-61(56)73(63(57)42-50)64-40-46(34-35-70-64)68(4,5)6;/h13-40,43H,1-12H3;/q-3;. The van der Waals surface area contributed by atoms with E-state index in [2.05, 4.69) is 266 Å². The molecule has 0 unspecified atom stereocenters. The van der Waals surface area contributed by atoms with Crippen LogP contribution >= 0.6 is 0 Å². The predicted molar refractivity (Wildman–Crippen MR) is 321 cm³/mol. The van der Waals surface area contributed by atoms with Crippen LogP contribution in [0.3, 0.4) is 0 Å². The molecule has 0 fully saturated rings. The van der Waals surface area contributed by atoms with Gasteiger partial charge in [-0.15, -0.1) is 35.7 Å². The molecule has 8 aromatic carbocycles. The van der Waals surface area contributed by atoms with E-state index >= 15 is 0 Å². The second-order valence-corrected chi connectivity index (χ2v) is 29.8. The summed E-state index contributed by atoms with van der Waals surface area (Å²) in [5.74, 6) is 2.05. The number of pyridine rings is 1. The summed E-state index contributed by atoms with van der Waals surface area (Å²) in [5.41, 5.74) is 12.3. The van der Waals surface area contributed by atoms with Crippen molar-refractivity contribution < 1.29 is 25.8 Å². The first-order valence-electron chi connectivity index (χ1n) is 26.4. The molecule has 3 aromatic heterocycles. The Morgan fingerprint density at radius 2 is 1.11 bits per heavy atom. The topological polar surface area (TPSA) is 35.2 Å². The minimum atomic E-state index is -1.75. The smallest absolute Gasteiger partial charge is 0.135 e. The third kappa shape index (κ3) is 8.87. The van der Waals surface area contributed by atoms with E-state index in [9.17, 15) is 0 Å². The molecule has 4 heterocycles. The molecular weight excluding hydrogens is 1120 g/mol. The molecule has 0 radical (unpaired) electrons. The van der Waals surface area contributed by atoms with Gasteiger partial charge in [-0.25, -0.2) is 4.98 Å². The van der Waals surface area contributed by atoms with Crippen LogP contribution in [-0.4, -0.2) is 22.2 Å². The molecule has 0 N–H and O–H groups in total. The van der Waals surface area contributed by atoms with E-state index in [4.69, 9.17) is 9.72 Å². The summed E-state index contributed by atoms with van der Waals surface area (Å²) in [6.45, 7) is 30.3. The number of hydrogen-bond donors (Lipinski definition) is 0. The fourth-order valence-corrected chi connectivity index (χ4v) is 12.2. The summed E-state index contributed by atoms with van der Waals surface area (Å²) in [6.07, 6.45) is 1.91. The summed E-state index contributed by atoms with van der Waals surface area (Å²) >= 11 is 0. The zero-order valence-corrected chi connectivity index (χ0v) is 49.0. The van der Waals surface area contributed by atoms with Gasteiger partial charge in [-0.1, -0.05) is 208 Å². The molecule has 0 saturated carbocycles. The van der Waals surface area contributed by atoms with Crippen molar-refractivity contribution in [2.45, 2.75) is 98.2 Å². The van der Waals surface area contributed by atoms with Crippen LogP contribution in [0.25, 0.3) is 82.1 Å². The van der Waals surface area contributed by atoms with Gasteiger partial charge in [-0.05, 0) is 124 Å². The van der Waals surface area contributed by atoms with Crippen molar-refractivity contribution in [3.63, 3.8) is 0 Å². The number of ether oxygens (including phenoxy) is 1. The Labute approximate surface area is 463 Å². The summed E-state index contributed by atoms with van der Waals surface area (Å²) < 4.78 is 11.5. The van der Waals surface area contributed by atoms with Crippen LogP contribution in [0.2, 0.25) is 19.6 Å². The average molecular weight is 1190 g/mol.